The van der Waals surface area contributed by atoms with Gasteiger partial charge in [-0.25, -0.2) is 0 Å². The first-order valence-corrected chi connectivity index (χ1v) is 17.4. The summed E-state index contributed by atoms with van der Waals surface area (Å²) in [6.07, 6.45) is 8.49. The van der Waals surface area contributed by atoms with Gasteiger partial charge in [0.25, 0.3) is 5.91 Å². The molecule has 4 aromatic rings. The maximum atomic E-state index is 13.8. The van der Waals surface area contributed by atoms with Gasteiger partial charge in [-0.3, -0.25) is 14.7 Å². The molecule has 0 spiro atoms. The number of nitrogens with one attached hydrogen (secondary N) is 3. The summed E-state index contributed by atoms with van der Waals surface area (Å²) in [7, 11) is 1.65. The minimum Gasteiger partial charge on any atom is -0.494 e. The maximum absolute atomic E-state index is 13.8. The zero-order valence-corrected chi connectivity index (χ0v) is 28.0. The Kier molecular flexibility index (Phi) is 11.4. The normalized spacial score (nSPS) is 16.7. The Balaban J connectivity index is 1.10. The zero-order chi connectivity index (χ0) is 32.4. The van der Waals surface area contributed by atoms with Crippen LogP contribution in [0.1, 0.15) is 66.9 Å². The van der Waals surface area contributed by atoms with Crippen molar-refractivity contribution in [3.8, 4) is 5.75 Å². The van der Waals surface area contributed by atoms with Crippen LogP contribution >= 0.6 is 0 Å². The molecule has 8 heteroatoms. The molecule has 8 nitrogen and oxygen atoms in total. The first-order valence-electron chi connectivity index (χ1n) is 17.4. The van der Waals surface area contributed by atoms with Gasteiger partial charge < -0.3 is 25.6 Å². The van der Waals surface area contributed by atoms with Crippen molar-refractivity contribution in [1.82, 2.24) is 25.4 Å². The second-order valence-electron chi connectivity index (χ2n) is 13.1. The van der Waals surface area contributed by atoms with E-state index in [1.165, 1.54) is 56.4 Å². The number of benzene rings is 3. The zero-order valence-electron chi connectivity index (χ0n) is 28.0. The molecule has 47 heavy (non-hydrogen) atoms. The van der Waals surface area contributed by atoms with Gasteiger partial charge in [0.15, 0.2) is 0 Å². The molecule has 0 radical (unpaired) electrons. The topological polar surface area (TPSA) is 81.8 Å². The smallest absolute Gasteiger partial charge is 0.255 e. The number of pyridine rings is 1. The van der Waals surface area contributed by atoms with Crippen LogP contribution in [0.2, 0.25) is 0 Å². The number of hydrogen-bond acceptors (Lipinski definition) is 7. The van der Waals surface area contributed by atoms with E-state index in [1.807, 2.05) is 18.2 Å². The molecular formula is C39H50N6O2. The van der Waals surface area contributed by atoms with Gasteiger partial charge in [0.2, 0.25) is 0 Å². The fraction of sp³-hybridized carbons (Fsp3) is 0.436. The van der Waals surface area contributed by atoms with Crippen molar-refractivity contribution in [2.24, 2.45) is 0 Å². The number of methoxy groups -OCH3 is 1. The molecule has 2 aliphatic rings. The third-order valence-electron chi connectivity index (χ3n) is 9.73. The molecule has 0 unspecified atom stereocenters. The Morgan fingerprint density at radius 1 is 0.851 bits per heavy atom. The molecule has 1 amide bonds. The summed E-state index contributed by atoms with van der Waals surface area (Å²) in [5.74, 6) is 0.578. The highest BCUT2D eigenvalue weighted by Gasteiger charge is 2.24. The number of ether oxygens (including phenoxy) is 1. The number of likely N-dealkylation sites (tertiary alicyclic amines) is 2. The van der Waals surface area contributed by atoms with Gasteiger partial charge in [0, 0.05) is 55.5 Å². The van der Waals surface area contributed by atoms with Crippen LogP contribution in [0, 0.1) is 0 Å². The minimum absolute atomic E-state index is 0.104. The number of rotatable bonds is 13. The van der Waals surface area contributed by atoms with Crippen LogP contribution in [-0.2, 0) is 13.1 Å². The quantitative estimate of drug-likeness (QED) is 0.150. The van der Waals surface area contributed by atoms with Crippen LogP contribution in [0.25, 0.3) is 10.9 Å². The van der Waals surface area contributed by atoms with Crippen molar-refractivity contribution in [3.05, 3.63) is 95.7 Å². The average Bonchev–Trinajstić information content (AvgIpc) is 3.12. The van der Waals surface area contributed by atoms with E-state index < -0.39 is 0 Å². The highest BCUT2D eigenvalue weighted by atomic mass is 16.5. The Morgan fingerprint density at radius 2 is 1.57 bits per heavy atom. The SMILES string of the molecule is CCCCN1CCC(NCc2ccc(Nc3c(C(=O)NC4CCN(Cc5ccccc5)CC4)cnc4c(OC)cccc34)cc2)CC1. The molecular weight excluding hydrogens is 584 g/mol. The summed E-state index contributed by atoms with van der Waals surface area (Å²) < 4.78 is 5.62. The van der Waals surface area contributed by atoms with Crippen molar-refractivity contribution in [1.29, 1.82) is 0 Å². The Bertz CT molecular complexity index is 1580. The van der Waals surface area contributed by atoms with Crippen molar-refractivity contribution in [2.75, 3.05) is 45.2 Å². The lowest BCUT2D eigenvalue weighted by Gasteiger charge is -2.32. The van der Waals surface area contributed by atoms with Crippen LogP contribution in [-0.4, -0.2) is 72.6 Å². The van der Waals surface area contributed by atoms with Crippen molar-refractivity contribution >= 4 is 28.2 Å². The molecule has 2 aliphatic heterocycles. The number of fused-ring (bicyclic) bond motifs is 1. The van der Waals surface area contributed by atoms with E-state index in [1.54, 1.807) is 13.3 Å². The fourth-order valence-corrected chi connectivity index (χ4v) is 6.86. The Morgan fingerprint density at radius 3 is 2.30 bits per heavy atom. The lowest BCUT2D eigenvalue weighted by atomic mass is 10.0. The molecule has 2 fully saturated rings. The molecule has 3 aromatic carbocycles. The Labute approximate surface area is 279 Å². The molecule has 0 aliphatic carbocycles. The first kappa shape index (κ1) is 32.9. The molecule has 1 aromatic heterocycles. The lowest BCUT2D eigenvalue weighted by Crippen LogP contribution is -2.44. The minimum atomic E-state index is -0.104. The number of amides is 1. The summed E-state index contributed by atoms with van der Waals surface area (Å²) >= 11 is 0. The molecule has 248 valence electrons. The van der Waals surface area contributed by atoms with E-state index >= 15 is 0 Å². The molecule has 0 bridgehead atoms. The number of para-hydroxylation sites is 1. The number of piperidine rings is 2. The van der Waals surface area contributed by atoms with Gasteiger partial charge in [-0.15, -0.1) is 0 Å². The number of carbonyl (C=O) groups is 1. The highest BCUT2D eigenvalue weighted by Crippen LogP contribution is 2.34. The highest BCUT2D eigenvalue weighted by molar-refractivity contribution is 6.09. The van der Waals surface area contributed by atoms with Crippen LogP contribution in [0.4, 0.5) is 11.4 Å². The summed E-state index contributed by atoms with van der Waals surface area (Å²) in [6.45, 7) is 9.58. The van der Waals surface area contributed by atoms with Crippen LogP contribution in [0.15, 0.2) is 79.0 Å². The standard InChI is InChI=1S/C39H50N6O2/c1-3-4-21-44-22-17-31(18-23-44)40-26-29-13-15-32(16-14-29)42-37-34-11-8-12-36(47-2)38(34)41-27-35(37)39(46)43-33-19-24-45(25-20-33)28-30-9-6-5-7-10-30/h5-16,27,31,33,40H,3-4,17-26,28H2,1-2H3,(H,41,42)(H,43,46). The van der Waals surface area contributed by atoms with Gasteiger partial charge in [-0.2, -0.15) is 0 Å². The van der Waals surface area contributed by atoms with E-state index in [4.69, 9.17) is 4.74 Å². The van der Waals surface area contributed by atoms with E-state index in [0.717, 1.165) is 61.3 Å². The van der Waals surface area contributed by atoms with E-state index in [-0.39, 0.29) is 11.9 Å². The van der Waals surface area contributed by atoms with Crippen LogP contribution in [0.3, 0.4) is 0 Å². The van der Waals surface area contributed by atoms with Crippen LogP contribution < -0.4 is 20.7 Å². The number of nitrogens with zero attached hydrogens (tertiary/aromatic N) is 3. The van der Waals surface area contributed by atoms with E-state index in [2.05, 4.69) is 92.3 Å². The molecule has 3 heterocycles. The summed E-state index contributed by atoms with van der Waals surface area (Å²) in [5.41, 5.74) is 5.51. The third-order valence-corrected chi connectivity index (χ3v) is 9.73. The number of hydrogen-bond donors (Lipinski definition) is 3. The van der Waals surface area contributed by atoms with Gasteiger partial charge in [-0.1, -0.05) is 67.9 Å². The second-order valence-corrected chi connectivity index (χ2v) is 13.1. The predicted molar refractivity (Wildman–Crippen MR) is 191 cm³/mol. The van der Waals surface area contributed by atoms with Crippen molar-refractivity contribution < 1.29 is 9.53 Å². The van der Waals surface area contributed by atoms with E-state index in [9.17, 15) is 4.79 Å². The molecule has 6 rings (SSSR count). The average molecular weight is 635 g/mol. The number of unbranched alkanes of at least 4 members (excludes halogenated alkanes) is 1. The van der Waals surface area contributed by atoms with E-state index in [0.29, 0.717) is 17.4 Å². The number of anilines is 2. The van der Waals surface area contributed by atoms with Gasteiger partial charge in [-0.05, 0) is 81.1 Å². The fourth-order valence-electron chi connectivity index (χ4n) is 6.86. The lowest BCUT2D eigenvalue weighted by molar-refractivity contribution is 0.0909. The third kappa shape index (κ3) is 8.69. The largest absolute Gasteiger partial charge is 0.494 e. The first-order chi connectivity index (χ1) is 23.1. The van der Waals surface area contributed by atoms with Crippen LogP contribution in [0.5, 0.6) is 5.75 Å². The molecule has 0 saturated carbocycles. The number of aromatic nitrogens is 1. The molecule has 2 saturated heterocycles. The van der Waals surface area contributed by atoms with Gasteiger partial charge in [0.1, 0.15) is 11.3 Å². The summed E-state index contributed by atoms with van der Waals surface area (Å²) in [6, 6.07) is 25.6. The predicted octanol–water partition coefficient (Wildman–Crippen LogP) is 6.74. The number of carbonyl (C=O) groups excluding carboxylic acids is 1. The van der Waals surface area contributed by atoms with Crippen molar-refractivity contribution in [2.45, 2.75) is 70.6 Å². The Hall–Kier alpha value is -3.98. The monoisotopic (exact) mass is 634 g/mol. The van der Waals surface area contributed by atoms with Gasteiger partial charge in [0.05, 0.1) is 18.4 Å². The van der Waals surface area contributed by atoms with Gasteiger partial charge >= 0.3 is 0 Å². The summed E-state index contributed by atoms with van der Waals surface area (Å²) in [4.78, 5) is 23.6. The second kappa shape index (κ2) is 16.2. The molecule has 0 atom stereocenters. The summed E-state index contributed by atoms with van der Waals surface area (Å²) in [5, 5.41) is 11.5. The molecule has 3 N–H and O–H groups in total. The van der Waals surface area contributed by atoms with Crippen molar-refractivity contribution in [3.63, 3.8) is 0 Å². The maximum Gasteiger partial charge on any atom is 0.255 e.